The minimum Gasteiger partial charge on any atom is -0.493 e. The van der Waals surface area contributed by atoms with Crippen LogP contribution < -0.4 is 24.4 Å². The Labute approximate surface area is 266 Å². The molecule has 1 aliphatic rings. The van der Waals surface area contributed by atoms with Crippen molar-refractivity contribution >= 4 is 58.5 Å². The van der Waals surface area contributed by atoms with E-state index in [1.165, 1.54) is 49.6 Å². The van der Waals surface area contributed by atoms with Gasteiger partial charge in [0.25, 0.3) is 17.5 Å². The van der Waals surface area contributed by atoms with E-state index in [-0.39, 0.29) is 46.7 Å². The van der Waals surface area contributed by atoms with Crippen LogP contribution in [-0.2, 0) is 22.8 Å². The molecule has 0 unspecified atom stereocenters. The van der Waals surface area contributed by atoms with E-state index in [9.17, 15) is 24.5 Å². The molecular formula is C32H23Cl2N3O8. The van der Waals surface area contributed by atoms with Crippen molar-refractivity contribution in [3.63, 3.8) is 0 Å². The normalized spacial score (nSPS) is 13.9. The lowest BCUT2D eigenvalue weighted by Gasteiger charge is -2.26. The van der Waals surface area contributed by atoms with Crippen LogP contribution in [0.2, 0.25) is 10.0 Å². The van der Waals surface area contributed by atoms with E-state index < -0.39 is 22.8 Å². The first kappa shape index (κ1) is 31.0. The van der Waals surface area contributed by atoms with E-state index in [4.69, 9.17) is 37.4 Å². The number of halogens is 2. The maximum atomic E-state index is 13.4. The summed E-state index contributed by atoms with van der Waals surface area (Å²) in [4.78, 5) is 50.1. The summed E-state index contributed by atoms with van der Waals surface area (Å²) in [6.07, 6.45) is 1.28. The quantitative estimate of drug-likeness (QED) is 0.0865. The summed E-state index contributed by atoms with van der Waals surface area (Å²) in [5.41, 5.74) is 1.62. The maximum Gasteiger partial charge on any atom is 0.335 e. The third-order valence-electron chi connectivity index (χ3n) is 6.64. The molecule has 11 nitrogen and oxygen atoms in total. The van der Waals surface area contributed by atoms with Crippen LogP contribution in [0.5, 0.6) is 17.2 Å². The van der Waals surface area contributed by atoms with Gasteiger partial charge in [0.15, 0.2) is 11.5 Å². The van der Waals surface area contributed by atoms with Crippen molar-refractivity contribution in [1.82, 2.24) is 5.32 Å². The van der Waals surface area contributed by atoms with Crippen LogP contribution in [0.4, 0.5) is 16.2 Å². The van der Waals surface area contributed by atoms with E-state index in [1.807, 2.05) is 18.2 Å². The van der Waals surface area contributed by atoms with Gasteiger partial charge in [-0.1, -0.05) is 41.4 Å². The predicted molar refractivity (Wildman–Crippen MR) is 167 cm³/mol. The first-order valence-corrected chi connectivity index (χ1v) is 14.0. The number of hydrogen-bond acceptors (Lipinski definition) is 8. The number of anilines is 1. The minimum absolute atomic E-state index is 0.0380. The number of ether oxygens (including phenoxy) is 3. The zero-order valence-corrected chi connectivity index (χ0v) is 25.0. The summed E-state index contributed by atoms with van der Waals surface area (Å²) in [6, 6.07) is 21.4. The van der Waals surface area contributed by atoms with Gasteiger partial charge in [0, 0.05) is 22.7 Å². The van der Waals surface area contributed by atoms with Gasteiger partial charge in [-0.15, -0.1) is 0 Å². The molecule has 0 atom stereocenters. The second kappa shape index (κ2) is 13.5. The van der Waals surface area contributed by atoms with Crippen LogP contribution in [0, 0.1) is 10.1 Å². The number of nitrogens with zero attached hydrogens (tertiary/aromatic N) is 2. The minimum atomic E-state index is -0.905. The average molecular weight is 648 g/mol. The number of methoxy groups -OCH3 is 1. The number of nitro groups is 1. The number of barbiturate groups is 1. The van der Waals surface area contributed by atoms with Crippen molar-refractivity contribution in [2.24, 2.45) is 0 Å². The third kappa shape index (κ3) is 7.06. The molecule has 1 fully saturated rings. The highest BCUT2D eigenvalue weighted by Crippen LogP contribution is 2.38. The number of imide groups is 2. The number of urea groups is 1. The van der Waals surface area contributed by atoms with E-state index in [0.29, 0.717) is 21.9 Å². The number of amides is 4. The zero-order valence-electron chi connectivity index (χ0n) is 23.5. The molecule has 0 spiro atoms. The molecule has 1 aliphatic heterocycles. The number of carbonyl (C=O) groups is 3. The van der Waals surface area contributed by atoms with Gasteiger partial charge in [-0.3, -0.25) is 25.0 Å². The van der Waals surface area contributed by atoms with Gasteiger partial charge < -0.3 is 14.2 Å². The number of non-ortho nitro benzene ring substituents is 1. The van der Waals surface area contributed by atoms with Crippen molar-refractivity contribution < 1.29 is 33.5 Å². The Hall–Kier alpha value is -5.39. The van der Waals surface area contributed by atoms with Crippen molar-refractivity contribution in [1.29, 1.82) is 0 Å². The van der Waals surface area contributed by atoms with Crippen LogP contribution in [0.3, 0.4) is 0 Å². The zero-order chi connectivity index (χ0) is 32.1. The summed E-state index contributed by atoms with van der Waals surface area (Å²) >= 11 is 12.7. The fourth-order valence-electron chi connectivity index (χ4n) is 4.36. The molecule has 0 bridgehead atoms. The van der Waals surface area contributed by atoms with Crippen LogP contribution in [-0.4, -0.2) is 29.9 Å². The fourth-order valence-corrected chi connectivity index (χ4v) is 4.82. The largest absolute Gasteiger partial charge is 0.493 e. The first-order valence-electron chi connectivity index (χ1n) is 13.3. The van der Waals surface area contributed by atoms with Crippen LogP contribution in [0.25, 0.3) is 6.08 Å². The lowest BCUT2D eigenvalue weighted by molar-refractivity contribution is -0.384. The van der Waals surface area contributed by atoms with Gasteiger partial charge in [-0.25, -0.2) is 9.69 Å². The lowest BCUT2D eigenvalue weighted by Crippen LogP contribution is -2.54. The Balaban J connectivity index is 1.33. The van der Waals surface area contributed by atoms with Gasteiger partial charge in [0.2, 0.25) is 0 Å². The summed E-state index contributed by atoms with van der Waals surface area (Å²) in [5.74, 6) is -0.849. The van der Waals surface area contributed by atoms with E-state index in [2.05, 4.69) is 5.32 Å². The molecule has 45 heavy (non-hydrogen) atoms. The first-order chi connectivity index (χ1) is 21.6. The summed E-state index contributed by atoms with van der Waals surface area (Å²) in [6.45, 7) is 0.257. The van der Waals surface area contributed by atoms with Crippen LogP contribution in [0.1, 0.15) is 16.7 Å². The van der Waals surface area contributed by atoms with Gasteiger partial charge in [0.05, 0.1) is 22.7 Å². The molecule has 0 radical (unpaired) electrons. The Kier molecular flexibility index (Phi) is 9.31. The molecule has 0 saturated carbocycles. The second-order valence-corrected chi connectivity index (χ2v) is 10.4. The van der Waals surface area contributed by atoms with Crippen molar-refractivity contribution in [3.8, 4) is 17.2 Å². The topological polar surface area (TPSA) is 137 Å². The Morgan fingerprint density at radius 2 is 1.60 bits per heavy atom. The van der Waals surface area contributed by atoms with E-state index in [1.54, 1.807) is 30.3 Å². The third-order valence-corrected chi connectivity index (χ3v) is 7.29. The fraction of sp³-hybridized carbons (Fsp3) is 0.0938. The molecule has 1 heterocycles. The summed E-state index contributed by atoms with van der Waals surface area (Å²) in [7, 11) is 1.39. The van der Waals surface area contributed by atoms with Gasteiger partial charge >= 0.3 is 6.03 Å². The number of benzene rings is 4. The number of nitrogens with one attached hydrogen (secondary N) is 1. The monoisotopic (exact) mass is 647 g/mol. The van der Waals surface area contributed by atoms with Crippen LogP contribution >= 0.6 is 23.2 Å². The SMILES string of the molecule is COc1cc(/C=C2\C(=O)NC(=O)N(c3ccc(OCc4ccccc4Cl)cc3)C2=O)cc(Cl)c1OCc1ccc([N+](=O)[O-])cc1. The van der Waals surface area contributed by atoms with Gasteiger partial charge in [0.1, 0.15) is 24.5 Å². The highest BCUT2D eigenvalue weighted by molar-refractivity contribution is 6.39. The maximum absolute atomic E-state index is 13.4. The van der Waals surface area contributed by atoms with Crippen LogP contribution in [0.15, 0.2) is 90.5 Å². The van der Waals surface area contributed by atoms with E-state index in [0.717, 1.165) is 10.5 Å². The van der Waals surface area contributed by atoms with Crippen molar-refractivity contribution in [2.45, 2.75) is 13.2 Å². The van der Waals surface area contributed by atoms with Crippen molar-refractivity contribution in [2.75, 3.05) is 12.0 Å². The van der Waals surface area contributed by atoms with Crippen molar-refractivity contribution in [3.05, 3.63) is 127 Å². The average Bonchev–Trinajstić information content (AvgIpc) is 3.02. The highest BCUT2D eigenvalue weighted by atomic mass is 35.5. The molecular weight excluding hydrogens is 625 g/mol. The Morgan fingerprint density at radius 3 is 2.27 bits per heavy atom. The summed E-state index contributed by atoms with van der Waals surface area (Å²) < 4.78 is 17.0. The standard InChI is InChI=1S/C32H23Cl2N3O8/c1-43-28-16-20(15-27(34)29(28)45-17-19-6-8-23(9-7-19)37(41)42)14-25-30(38)35-32(40)36(31(25)39)22-10-12-24(13-11-22)44-18-21-4-2-3-5-26(21)33/h2-16H,17-18H2,1H3,(H,35,38,40)/b25-14+. The predicted octanol–water partition coefficient (Wildman–Crippen LogP) is 6.73. The second-order valence-electron chi connectivity index (χ2n) is 9.58. The molecule has 4 aromatic carbocycles. The smallest absolute Gasteiger partial charge is 0.335 e. The van der Waals surface area contributed by atoms with Gasteiger partial charge in [-0.2, -0.15) is 0 Å². The number of hydrogen-bond donors (Lipinski definition) is 1. The number of nitro benzene ring substituents is 1. The summed E-state index contributed by atoms with van der Waals surface area (Å²) in [5, 5.41) is 13.8. The Morgan fingerprint density at radius 1 is 0.889 bits per heavy atom. The molecule has 1 saturated heterocycles. The lowest BCUT2D eigenvalue weighted by atomic mass is 10.1. The molecule has 13 heteroatoms. The molecule has 5 rings (SSSR count). The molecule has 0 aromatic heterocycles. The number of rotatable bonds is 10. The van der Waals surface area contributed by atoms with E-state index >= 15 is 0 Å². The molecule has 1 N–H and O–H groups in total. The highest BCUT2D eigenvalue weighted by Gasteiger charge is 2.37. The Bertz CT molecular complexity index is 1830. The van der Waals surface area contributed by atoms with Gasteiger partial charge in [-0.05, 0) is 71.8 Å². The molecule has 0 aliphatic carbocycles. The molecule has 228 valence electrons. The molecule has 4 aromatic rings. The molecule has 4 amide bonds. The number of carbonyl (C=O) groups excluding carboxylic acids is 3.